The van der Waals surface area contributed by atoms with Crippen molar-refractivity contribution in [2.45, 2.75) is 104 Å². The molecule has 0 amide bonds. The van der Waals surface area contributed by atoms with E-state index < -0.39 is 0 Å². The molecule has 2 unspecified atom stereocenters. The van der Waals surface area contributed by atoms with E-state index in [4.69, 9.17) is 9.47 Å². The summed E-state index contributed by atoms with van der Waals surface area (Å²) in [6, 6.07) is 16.2. The summed E-state index contributed by atoms with van der Waals surface area (Å²) >= 11 is 7.37. The minimum atomic E-state index is -0.178. The van der Waals surface area contributed by atoms with Gasteiger partial charge in [0, 0.05) is 11.1 Å². The quantitative estimate of drug-likeness (QED) is 0.280. The Morgan fingerprint density at radius 2 is 1.12 bits per heavy atom. The summed E-state index contributed by atoms with van der Waals surface area (Å²) in [5, 5.41) is 0. The van der Waals surface area contributed by atoms with Crippen molar-refractivity contribution >= 4 is 37.9 Å². The van der Waals surface area contributed by atoms with Gasteiger partial charge in [-0.25, -0.2) is 0 Å². The highest BCUT2D eigenvalue weighted by Gasteiger charge is 2.40. The highest BCUT2D eigenvalue weighted by molar-refractivity contribution is 9.12. The van der Waals surface area contributed by atoms with Gasteiger partial charge in [-0.15, -0.1) is 0 Å². The molecular formula is C30H48Br2O2. The summed E-state index contributed by atoms with van der Waals surface area (Å²) in [6.45, 7) is 24.3. The number of alkyl halides is 2. The third kappa shape index (κ3) is 10.6. The van der Waals surface area contributed by atoms with Crippen LogP contribution in [0.1, 0.15) is 99.0 Å². The van der Waals surface area contributed by atoms with Crippen LogP contribution in [-0.4, -0.2) is 16.0 Å². The minimum absolute atomic E-state index is 0.158. The van der Waals surface area contributed by atoms with Crippen molar-refractivity contribution < 1.29 is 9.47 Å². The van der Waals surface area contributed by atoms with Crippen LogP contribution in [0.3, 0.4) is 0 Å². The molecular weight excluding hydrogens is 552 g/mol. The maximum Gasteiger partial charge on any atom is 0.127 e. The van der Waals surface area contributed by atoms with Crippen LogP contribution in [0.15, 0.2) is 54.6 Å². The number of ether oxygens (including phenoxy) is 2. The summed E-state index contributed by atoms with van der Waals surface area (Å²) in [5.41, 5.74) is 2.04. The number of rotatable bonds is 0. The van der Waals surface area contributed by atoms with Crippen LogP contribution in [-0.2, 0) is 0 Å². The topological polar surface area (TPSA) is 18.5 Å². The molecule has 4 rings (SSSR count). The van der Waals surface area contributed by atoms with Crippen LogP contribution in [0.4, 0.5) is 0 Å². The van der Waals surface area contributed by atoms with Gasteiger partial charge in [0.15, 0.2) is 0 Å². The van der Waals surface area contributed by atoms with E-state index in [2.05, 4.69) is 83.8 Å². The first kappa shape index (κ1) is 34.9. The third-order valence-electron chi connectivity index (χ3n) is 4.47. The second-order valence-electron chi connectivity index (χ2n) is 7.62. The lowest BCUT2D eigenvalue weighted by Crippen LogP contribution is -2.43. The number of hydrogen-bond acceptors (Lipinski definition) is 2. The van der Waals surface area contributed by atoms with Crippen molar-refractivity contribution in [3.05, 3.63) is 65.7 Å². The van der Waals surface area contributed by atoms with Crippen LogP contribution < -0.4 is 9.47 Å². The van der Waals surface area contributed by atoms with Crippen LogP contribution in [0.2, 0.25) is 0 Å². The Bertz CT molecular complexity index is 813. The van der Waals surface area contributed by atoms with Crippen molar-refractivity contribution in [3.8, 4) is 11.5 Å². The maximum atomic E-state index is 5.93. The zero-order chi connectivity index (χ0) is 26.9. The Hall–Kier alpha value is -1.26. The monoisotopic (exact) mass is 598 g/mol. The maximum absolute atomic E-state index is 5.93. The number of fused-ring (bicyclic) bond motifs is 2. The number of halogens is 2. The third-order valence-corrected chi connectivity index (χ3v) is 7.83. The second-order valence-corrected chi connectivity index (χ2v) is 9.60. The van der Waals surface area contributed by atoms with Gasteiger partial charge in [0.2, 0.25) is 0 Å². The first-order valence-electron chi connectivity index (χ1n) is 12.7. The lowest BCUT2D eigenvalue weighted by atomic mass is 9.94. The molecule has 0 spiro atoms. The van der Waals surface area contributed by atoms with E-state index in [1.807, 2.05) is 91.8 Å². The van der Waals surface area contributed by atoms with Crippen LogP contribution in [0.5, 0.6) is 11.5 Å². The van der Waals surface area contributed by atoms with Gasteiger partial charge in [0.25, 0.3) is 0 Å². The molecule has 0 aliphatic carbocycles. The van der Waals surface area contributed by atoms with E-state index in [1.54, 1.807) is 0 Å². The zero-order valence-electron chi connectivity index (χ0n) is 23.5. The van der Waals surface area contributed by atoms with Gasteiger partial charge in [0.05, 0.1) is 9.65 Å². The molecule has 34 heavy (non-hydrogen) atoms. The summed E-state index contributed by atoms with van der Waals surface area (Å²) in [5.74, 6) is 1.96. The Morgan fingerprint density at radius 1 is 0.647 bits per heavy atom. The molecule has 0 bridgehead atoms. The fourth-order valence-electron chi connectivity index (χ4n) is 2.97. The van der Waals surface area contributed by atoms with Gasteiger partial charge in [-0.2, -0.15) is 0 Å². The lowest BCUT2D eigenvalue weighted by molar-refractivity contribution is 0.0931. The van der Waals surface area contributed by atoms with Gasteiger partial charge < -0.3 is 9.47 Å². The molecule has 2 aromatic carbocycles. The molecule has 2 atom stereocenters. The summed E-state index contributed by atoms with van der Waals surface area (Å²) in [4.78, 5) is 0.590. The second kappa shape index (κ2) is 18.1. The van der Waals surface area contributed by atoms with Crippen LogP contribution in [0, 0.1) is 0 Å². The molecule has 2 nitrogen and oxygen atoms in total. The summed E-state index contributed by atoms with van der Waals surface area (Å²) in [6.07, 6.45) is 4.19. The first-order valence-corrected chi connectivity index (χ1v) is 14.6. The average molecular weight is 601 g/mol. The minimum Gasteiger partial charge on any atom is -0.486 e. The molecule has 2 aliphatic heterocycles. The molecule has 2 aromatic rings. The molecule has 0 fully saturated rings. The average Bonchev–Trinajstić information content (AvgIpc) is 2.87. The Kier molecular flexibility index (Phi) is 18.6. The smallest absolute Gasteiger partial charge is 0.127 e. The Balaban J connectivity index is 0. The van der Waals surface area contributed by atoms with E-state index in [0.29, 0.717) is 4.83 Å². The highest BCUT2D eigenvalue weighted by atomic mass is 79.9. The molecule has 4 heteroatoms. The number of hydrogen-bond donors (Lipinski definition) is 0. The van der Waals surface area contributed by atoms with Gasteiger partial charge >= 0.3 is 0 Å². The van der Waals surface area contributed by atoms with Crippen LogP contribution >= 0.6 is 31.9 Å². The highest BCUT2D eigenvalue weighted by Crippen LogP contribution is 2.47. The van der Waals surface area contributed by atoms with E-state index >= 15 is 0 Å². The molecule has 0 radical (unpaired) electrons. The normalized spacial score (nSPS) is 19.1. The summed E-state index contributed by atoms with van der Waals surface area (Å²) in [7, 11) is 0. The standard InChI is InChI=1S/C11H12Br2O.C11H12O.4C2H6/c1-11(2)10(13)9(12)7-5-3-4-6-8(7)14-11;1-11(2)8-7-9-5-3-4-6-10(9)12-11;4*1-2/h3-6,9-10H,1-2H3;3-8H,1-2H3;4*1-2H3. The van der Waals surface area contributed by atoms with Gasteiger partial charge in [-0.1, -0.05) is 130 Å². The van der Waals surface area contributed by atoms with E-state index in [-0.39, 0.29) is 16.0 Å². The fourth-order valence-corrected chi connectivity index (χ4v) is 4.36. The molecule has 0 N–H and O–H groups in total. The predicted molar refractivity (Wildman–Crippen MR) is 161 cm³/mol. The zero-order valence-corrected chi connectivity index (χ0v) is 26.7. The van der Waals surface area contributed by atoms with Crippen molar-refractivity contribution in [1.29, 1.82) is 0 Å². The van der Waals surface area contributed by atoms with Crippen LogP contribution in [0.25, 0.3) is 6.08 Å². The predicted octanol–water partition coefficient (Wildman–Crippen LogP) is 11.0. The Morgan fingerprint density at radius 3 is 1.68 bits per heavy atom. The van der Waals surface area contributed by atoms with Crippen molar-refractivity contribution in [2.24, 2.45) is 0 Å². The van der Waals surface area contributed by atoms with Crippen molar-refractivity contribution in [3.63, 3.8) is 0 Å². The summed E-state index contributed by atoms with van der Waals surface area (Å²) < 4.78 is 11.7. The van der Waals surface area contributed by atoms with E-state index in [1.165, 1.54) is 5.56 Å². The molecule has 0 aromatic heterocycles. The largest absolute Gasteiger partial charge is 0.486 e. The molecule has 2 aliphatic rings. The number of para-hydroxylation sites is 2. The van der Waals surface area contributed by atoms with Gasteiger partial charge in [-0.05, 0) is 45.9 Å². The fraction of sp³-hybridized carbons (Fsp3) is 0.533. The van der Waals surface area contributed by atoms with Gasteiger partial charge in [0.1, 0.15) is 22.7 Å². The molecule has 0 saturated carbocycles. The molecule has 2 heterocycles. The molecule has 0 saturated heterocycles. The van der Waals surface area contributed by atoms with E-state index in [0.717, 1.165) is 17.1 Å². The lowest BCUT2D eigenvalue weighted by Gasteiger charge is -2.40. The first-order chi connectivity index (χ1) is 16.2. The van der Waals surface area contributed by atoms with Gasteiger partial charge in [-0.3, -0.25) is 0 Å². The van der Waals surface area contributed by atoms with Crippen molar-refractivity contribution in [2.75, 3.05) is 0 Å². The Labute approximate surface area is 227 Å². The number of benzene rings is 2. The van der Waals surface area contributed by atoms with Crippen molar-refractivity contribution in [1.82, 2.24) is 0 Å². The van der Waals surface area contributed by atoms with E-state index in [9.17, 15) is 0 Å². The SMILES string of the molecule is CC.CC.CC.CC.CC1(C)C=Cc2ccccc2O1.CC1(C)Oc2ccccc2C(Br)C1Br. The molecule has 194 valence electrons.